The van der Waals surface area contributed by atoms with E-state index in [-0.39, 0.29) is 18.7 Å². The molecule has 0 heterocycles. The zero-order chi connectivity index (χ0) is 19.3. The largest absolute Gasteiger partial charge is 0.392 e. The molecule has 2 N–H and O–H groups in total. The molecule has 1 aromatic rings. The maximum absolute atomic E-state index is 13.2. The van der Waals surface area contributed by atoms with Gasteiger partial charge in [-0.25, -0.2) is 0 Å². The van der Waals surface area contributed by atoms with Gasteiger partial charge in [0, 0.05) is 18.0 Å². The van der Waals surface area contributed by atoms with Gasteiger partial charge in [-0.2, -0.15) is 13.2 Å². The third kappa shape index (κ3) is 5.22. The molecule has 0 unspecified atom stereocenters. The van der Waals surface area contributed by atoms with Crippen LogP contribution in [0.25, 0.3) is 0 Å². The summed E-state index contributed by atoms with van der Waals surface area (Å²) < 4.78 is 39.5. The molecule has 0 bridgehead atoms. The molecule has 4 nitrogen and oxygen atoms in total. The van der Waals surface area contributed by atoms with E-state index >= 15 is 0 Å². The van der Waals surface area contributed by atoms with E-state index in [0.29, 0.717) is 24.9 Å². The summed E-state index contributed by atoms with van der Waals surface area (Å²) >= 11 is 0. The molecule has 1 aromatic carbocycles. The van der Waals surface area contributed by atoms with Gasteiger partial charge in [0.2, 0.25) is 11.8 Å². The Kier molecular flexibility index (Phi) is 6.67. The highest BCUT2D eigenvalue weighted by Gasteiger charge is 2.48. The molecule has 3 atom stereocenters. The van der Waals surface area contributed by atoms with Crippen molar-refractivity contribution in [3.63, 3.8) is 0 Å². The number of hydrogen-bond donors (Lipinski definition) is 2. The van der Waals surface area contributed by atoms with Crippen LogP contribution in [0.2, 0.25) is 0 Å². The predicted octanol–water partition coefficient (Wildman–Crippen LogP) is 4.58. The molecule has 2 amide bonds. The normalized spacial score (nSPS) is 21.7. The standard InChI is InChI=1S/C19H25F3N2O2/c1-3-17(25)24-14-10-8-13(9-11-14)12(2)23-18(26)15-6-4-5-7-16(15)19(20,21)22/h8-12,15-16H,3-7H2,1-2H3,(H,23,26)(H,24,25)/t12-,15-,16-/m0/s1. The molecule has 1 fully saturated rings. The van der Waals surface area contributed by atoms with Gasteiger partial charge in [-0.1, -0.05) is 31.9 Å². The van der Waals surface area contributed by atoms with Gasteiger partial charge in [0.05, 0.1) is 12.0 Å². The number of amides is 2. The number of alkyl halides is 3. The highest BCUT2D eigenvalue weighted by molar-refractivity contribution is 5.90. The molecule has 0 radical (unpaired) electrons. The molecule has 26 heavy (non-hydrogen) atoms. The van der Waals surface area contributed by atoms with Crippen LogP contribution in [0.15, 0.2) is 24.3 Å². The van der Waals surface area contributed by atoms with E-state index in [4.69, 9.17) is 0 Å². The molecule has 1 aliphatic rings. The lowest BCUT2D eigenvalue weighted by molar-refractivity contribution is -0.198. The second kappa shape index (κ2) is 8.56. The van der Waals surface area contributed by atoms with Crippen molar-refractivity contribution in [2.45, 2.75) is 58.2 Å². The Morgan fingerprint density at radius 3 is 2.35 bits per heavy atom. The van der Waals surface area contributed by atoms with Gasteiger partial charge in [-0.15, -0.1) is 0 Å². The lowest BCUT2D eigenvalue weighted by Gasteiger charge is -2.32. The molecule has 144 valence electrons. The third-order valence-corrected chi connectivity index (χ3v) is 4.90. The van der Waals surface area contributed by atoms with E-state index in [1.54, 1.807) is 38.1 Å². The van der Waals surface area contributed by atoms with E-state index in [0.717, 1.165) is 5.56 Å². The molecule has 0 aromatic heterocycles. The van der Waals surface area contributed by atoms with Crippen LogP contribution in [0.5, 0.6) is 0 Å². The van der Waals surface area contributed by atoms with Crippen molar-refractivity contribution in [2.75, 3.05) is 5.32 Å². The summed E-state index contributed by atoms with van der Waals surface area (Å²) in [4.78, 5) is 23.8. The van der Waals surface area contributed by atoms with Crippen LogP contribution < -0.4 is 10.6 Å². The van der Waals surface area contributed by atoms with E-state index in [1.807, 2.05) is 0 Å². The summed E-state index contributed by atoms with van der Waals surface area (Å²) in [5.41, 5.74) is 1.41. The Morgan fingerprint density at radius 1 is 1.15 bits per heavy atom. The lowest BCUT2D eigenvalue weighted by atomic mass is 9.78. The van der Waals surface area contributed by atoms with Gasteiger partial charge >= 0.3 is 6.18 Å². The smallest absolute Gasteiger partial charge is 0.349 e. The van der Waals surface area contributed by atoms with Gasteiger partial charge in [0.15, 0.2) is 0 Å². The van der Waals surface area contributed by atoms with Gasteiger partial charge in [-0.05, 0) is 37.5 Å². The molecular formula is C19H25F3N2O2. The van der Waals surface area contributed by atoms with Crippen LogP contribution in [0.4, 0.5) is 18.9 Å². The van der Waals surface area contributed by atoms with E-state index < -0.39 is 30.0 Å². The van der Waals surface area contributed by atoms with Crippen molar-refractivity contribution >= 4 is 17.5 Å². The summed E-state index contributed by atoms with van der Waals surface area (Å²) in [6.07, 6.45) is -2.54. The van der Waals surface area contributed by atoms with Crippen molar-refractivity contribution in [2.24, 2.45) is 11.8 Å². The molecule has 0 spiro atoms. The lowest BCUT2D eigenvalue weighted by Crippen LogP contribution is -2.43. The van der Waals surface area contributed by atoms with Crippen LogP contribution >= 0.6 is 0 Å². The van der Waals surface area contributed by atoms with Crippen molar-refractivity contribution in [3.05, 3.63) is 29.8 Å². The van der Waals surface area contributed by atoms with E-state index in [2.05, 4.69) is 10.6 Å². The van der Waals surface area contributed by atoms with Crippen LogP contribution in [0.3, 0.4) is 0 Å². The number of rotatable bonds is 5. The molecule has 0 saturated heterocycles. The van der Waals surface area contributed by atoms with Crippen molar-refractivity contribution in [3.8, 4) is 0 Å². The average Bonchev–Trinajstić information content (AvgIpc) is 2.61. The monoisotopic (exact) mass is 370 g/mol. The number of benzene rings is 1. The van der Waals surface area contributed by atoms with E-state index in [9.17, 15) is 22.8 Å². The van der Waals surface area contributed by atoms with Crippen molar-refractivity contribution in [1.29, 1.82) is 0 Å². The average molecular weight is 370 g/mol. The predicted molar refractivity (Wildman–Crippen MR) is 93.4 cm³/mol. The van der Waals surface area contributed by atoms with Crippen molar-refractivity contribution < 1.29 is 22.8 Å². The molecule has 2 rings (SSSR count). The van der Waals surface area contributed by atoms with Crippen LogP contribution in [-0.4, -0.2) is 18.0 Å². The summed E-state index contributed by atoms with van der Waals surface area (Å²) in [6.45, 7) is 3.49. The fraction of sp³-hybridized carbons (Fsp3) is 0.579. The zero-order valence-corrected chi connectivity index (χ0v) is 15.0. The fourth-order valence-corrected chi connectivity index (χ4v) is 3.34. The maximum atomic E-state index is 13.2. The SMILES string of the molecule is CCC(=O)Nc1ccc([C@H](C)NC(=O)[C@H]2CCCC[C@@H]2C(F)(F)F)cc1. The van der Waals surface area contributed by atoms with Gasteiger partial charge in [0.1, 0.15) is 0 Å². The molecule has 1 aliphatic carbocycles. The maximum Gasteiger partial charge on any atom is 0.392 e. The van der Waals surface area contributed by atoms with Crippen molar-refractivity contribution in [1.82, 2.24) is 5.32 Å². The second-order valence-electron chi connectivity index (χ2n) is 6.79. The molecule has 0 aliphatic heterocycles. The van der Waals surface area contributed by atoms with Crippen LogP contribution in [0, 0.1) is 11.8 Å². The van der Waals surface area contributed by atoms with Crippen LogP contribution in [-0.2, 0) is 9.59 Å². The zero-order valence-electron chi connectivity index (χ0n) is 15.0. The summed E-state index contributed by atoms with van der Waals surface area (Å²) in [6, 6.07) is 6.51. The fourth-order valence-electron chi connectivity index (χ4n) is 3.34. The summed E-state index contributed by atoms with van der Waals surface area (Å²) in [7, 11) is 0. The number of halogens is 3. The van der Waals surface area contributed by atoms with Gasteiger partial charge < -0.3 is 10.6 Å². The number of hydrogen-bond acceptors (Lipinski definition) is 2. The number of carbonyl (C=O) groups is 2. The minimum atomic E-state index is -4.34. The Balaban J connectivity index is 2.00. The van der Waals surface area contributed by atoms with Gasteiger partial charge in [0.25, 0.3) is 0 Å². The molecule has 7 heteroatoms. The first-order chi connectivity index (χ1) is 12.2. The number of nitrogens with one attached hydrogen (secondary N) is 2. The second-order valence-corrected chi connectivity index (χ2v) is 6.79. The Hall–Kier alpha value is -2.05. The highest BCUT2D eigenvalue weighted by Crippen LogP contribution is 2.41. The van der Waals surface area contributed by atoms with Gasteiger partial charge in [-0.3, -0.25) is 9.59 Å². The first-order valence-electron chi connectivity index (χ1n) is 8.99. The van der Waals surface area contributed by atoms with Crippen LogP contribution in [0.1, 0.15) is 57.6 Å². The molecule has 1 saturated carbocycles. The number of anilines is 1. The van der Waals surface area contributed by atoms with E-state index in [1.165, 1.54) is 0 Å². The quantitative estimate of drug-likeness (QED) is 0.797. The third-order valence-electron chi connectivity index (χ3n) is 4.90. The first-order valence-corrected chi connectivity index (χ1v) is 8.99. The number of carbonyl (C=O) groups excluding carboxylic acids is 2. The minimum Gasteiger partial charge on any atom is -0.349 e. The Bertz CT molecular complexity index is 629. The topological polar surface area (TPSA) is 58.2 Å². The summed E-state index contributed by atoms with van der Waals surface area (Å²) in [5.74, 6) is -3.22. The Morgan fingerprint density at radius 2 is 1.77 bits per heavy atom. The Labute approximate surface area is 151 Å². The minimum absolute atomic E-state index is 0.0157. The first kappa shape index (κ1) is 20.3. The summed E-state index contributed by atoms with van der Waals surface area (Å²) in [5, 5.41) is 5.43. The molecular weight excluding hydrogens is 345 g/mol. The highest BCUT2D eigenvalue weighted by atomic mass is 19.4.